The molecule has 0 bridgehead atoms. The molecule has 2 amide bonds. The van der Waals surface area contributed by atoms with E-state index in [2.05, 4.69) is 22.0 Å². The van der Waals surface area contributed by atoms with Crippen LogP contribution in [0, 0.1) is 0 Å². The first-order valence-electron chi connectivity index (χ1n) is 13.1. The average molecular weight is 552 g/mol. The van der Waals surface area contributed by atoms with Crippen molar-refractivity contribution in [3.8, 4) is 22.8 Å². The molecule has 1 aromatic heterocycles. The van der Waals surface area contributed by atoms with Gasteiger partial charge in [-0.3, -0.25) is 9.59 Å². The number of carbonyl (C=O) groups excluding carboxylic acids is 2. The van der Waals surface area contributed by atoms with Crippen molar-refractivity contribution >= 4 is 29.2 Å². The van der Waals surface area contributed by atoms with E-state index in [4.69, 9.17) is 21.1 Å². The SMILES string of the molecule is CCCCN(CC(=O)N1CCN(c2ccc(-c3ccc(OC)c(OC)c3)nn2)CC1)C(=O)c1ccccc1Cl. The summed E-state index contributed by atoms with van der Waals surface area (Å²) in [4.78, 5) is 31.9. The first kappa shape index (κ1) is 28.2. The Morgan fingerprint density at radius 1 is 0.949 bits per heavy atom. The van der Waals surface area contributed by atoms with E-state index in [9.17, 15) is 9.59 Å². The summed E-state index contributed by atoms with van der Waals surface area (Å²) in [5, 5.41) is 9.23. The number of nitrogens with zero attached hydrogens (tertiary/aromatic N) is 5. The summed E-state index contributed by atoms with van der Waals surface area (Å²) in [6.07, 6.45) is 1.74. The predicted octanol–water partition coefficient (Wildman–Crippen LogP) is 4.41. The number of unbranched alkanes of at least 4 members (excludes halogenated alkanes) is 1. The molecule has 1 aliphatic rings. The first-order chi connectivity index (χ1) is 18.9. The van der Waals surface area contributed by atoms with Crippen LogP contribution in [0.25, 0.3) is 11.3 Å². The molecule has 4 rings (SSSR count). The van der Waals surface area contributed by atoms with Crippen molar-refractivity contribution in [2.75, 3.05) is 58.4 Å². The van der Waals surface area contributed by atoms with Gasteiger partial charge in [-0.1, -0.05) is 37.1 Å². The molecule has 39 heavy (non-hydrogen) atoms. The van der Waals surface area contributed by atoms with Crippen LogP contribution in [0.3, 0.4) is 0 Å². The number of aromatic nitrogens is 2. The lowest BCUT2D eigenvalue weighted by Crippen LogP contribution is -2.52. The van der Waals surface area contributed by atoms with Gasteiger partial charge in [-0.2, -0.15) is 0 Å². The highest BCUT2D eigenvalue weighted by Gasteiger charge is 2.26. The highest BCUT2D eigenvalue weighted by atomic mass is 35.5. The lowest BCUT2D eigenvalue weighted by Gasteiger charge is -2.36. The number of anilines is 1. The van der Waals surface area contributed by atoms with E-state index in [0.29, 0.717) is 54.8 Å². The van der Waals surface area contributed by atoms with E-state index in [1.54, 1.807) is 48.3 Å². The highest BCUT2D eigenvalue weighted by Crippen LogP contribution is 2.31. The van der Waals surface area contributed by atoms with Crippen molar-refractivity contribution < 1.29 is 19.1 Å². The van der Waals surface area contributed by atoms with Gasteiger partial charge in [0.05, 0.1) is 30.5 Å². The van der Waals surface area contributed by atoms with E-state index in [1.165, 1.54) is 0 Å². The van der Waals surface area contributed by atoms with Gasteiger partial charge in [0.2, 0.25) is 5.91 Å². The first-order valence-corrected chi connectivity index (χ1v) is 13.5. The minimum Gasteiger partial charge on any atom is -0.493 e. The summed E-state index contributed by atoms with van der Waals surface area (Å²) < 4.78 is 10.7. The molecule has 1 aliphatic heterocycles. The van der Waals surface area contributed by atoms with Gasteiger partial charge in [-0.15, -0.1) is 10.2 Å². The Morgan fingerprint density at radius 3 is 2.33 bits per heavy atom. The standard InChI is InChI=1S/C29H34ClN5O4/c1-4-5-14-35(29(37)22-8-6-7-9-23(22)30)20-28(36)34-17-15-33(16-18-34)27-13-11-24(31-32-27)21-10-12-25(38-2)26(19-21)39-3/h6-13,19H,4-5,14-18,20H2,1-3H3. The maximum Gasteiger partial charge on any atom is 0.255 e. The van der Waals surface area contributed by atoms with Crippen molar-refractivity contribution in [1.82, 2.24) is 20.0 Å². The summed E-state index contributed by atoms with van der Waals surface area (Å²) in [6.45, 7) is 4.94. The summed E-state index contributed by atoms with van der Waals surface area (Å²) >= 11 is 6.26. The van der Waals surface area contributed by atoms with E-state index in [0.717, 1.165) is 29.9 Å². The molecule has 0 unspecified atom stereocenters. The molecule has 1 fully saturated rings. The minimum atomic E-state index is -0.217. The number of halogens is 1. The van der Waals surface area contributed by atoms with Gasteiger partial charge in [0, 0.05) is 38.3 Å². The Balaban J connectivity index is 1.36. The third kappa shape index (κ3) is 6.78. The van der Waals surface area contributed by atoms with Crippen LogP contribution in [-0.2, 0) is 4.79 Å². The van der Waals surface area contributed by atoms with Crippen LogP contribution in [0.2, 0.25) is 5.02 Å². The van der Waals surface area contributed by atoms with Crippen LogP contribution in [0.15, 0.2) is 54.6 Å². The topological polar surface area (TPSA) is 88.1 Å². The number of methoxy groups -OCH3 is 2. The zero-order valence-corrected chi connectivity index (χ0v) is 23.4. The van der Waals surface area contributed by atoms with Crippen molar-refractivity contribution in [3.63, 3.8) is 0 Å². The fourth-order valence-electron chi connectivity index (χ4n) is 4.50. The fourth-order valence-corrected chi connectivity index (χ4v) is 4.71. The third-order valence-electron chi connectivity index (χ3n) is 6.79. The molecular formula is C29H34ClN5O4. The number of piperazine rings is 1. The van der Waals surface area contributed by atoms with Crippen molar-refractivity contribution in [3.05, 3.63) is 65.2 Å². The quantitative estimate of drug-likeness (QED) is 0.369. The molecule has 206 valence electrons. The molecule has 9 nitrogen and oxygen atoms in total. The lowest BCUT2D eigenvalue weighted by molar-refractivity contribution is -0.132. The summed E-state index contributed by atoms with van der Waals surface area (Å²) in [5.74, 6) is 1.75. The van der Waals surface area contributed by atoms with Gasteiger partial charge < -0.3 is 24.2 Å². The van der Waals surface area contributed by atoms with E-state index in [1.807, 2.05) is 30.3 Å². The zero-order chi connectivity index (χ0) is 27.8. The number of carbonyl (C=O) groups is 2. The molecule has 2 heterocycles. The van der Waals surface area contributed by atoms with Crippen molar-refractivity contribution in [2.24, 2.45) is 0 Å². The second kappa shape index (κ2) is 13.3. The minimum absolute atomic E-state index is 0.0316. The van der Waals surface area contributed by atoms with Crippen LogP contribution in [0.5, 0.6) is 11.5 Å². The molecule has 2 aromatic carbocycles. The van der Waals surface area contributed by atoms with Crippen LogP contribution >= 0.6 is 11.6 Å². The average Bonchev–Trinajstić information content (AvgIpc) is 2.98. The van der Waals surface area contributed by atoms with Gasteiger partial charge >= 0.3 is 0 Å². The molecule has 0 radical (unpaired) electrons. The molecule has 0 atom stereocenters. The summed E-state index contributed by atoms with van der Waals surface area (Å²) in [6, 6.07) is 16.4. The Bertz CT molecular complexity index is 1280. The fraction of sp³-hybridized carbons (Fsp3) is 0.379. The van der Waals surface area contributed by atoms with Crippen molar-refractivity contribution in [1.29, 1.82) is 0 Å². The van der Waals surface area contributed by atoms with Crippen LogP contribution in [0.4, 0.5) is 5.82 Å². The Morgan fingerprint density at radius 2 is 1.69 bits per heavy atom. The summed E-state index contributed by atoms with van der Waals surface area (Å²) in [5.41, 5.74) is 2.02. The van der Waals surface area contributed by atoms with Crippen molar-refractivity contribution in [2.45, 2.75) is 19.8 Å². The summed E-state index contributed by atoms with van der Waals surface area (Å²) in [7, 11) is 3.20. The molecule has 0 spiro atoms. The Kier molecular flexibility index (Phi) is 9.59. The molecule has 1 saturated heterocycles. The molecule has 3 aromatic rings. The smallest absolute Gasteiger partial charge is 0.255 e. The number of ether oxygens (including phenoxy) is 2. The molecule has 0 N–H and O–H groups in total. The lowest BCUT2D eigenvalue weighted by atomic mass is 10.1. The molecule has 0 aliphatic carbocycles. The molecule has 10 heteroatoms. The zero-order valence-electron chi connectivity index (χ0n) is 22.6. The van der Waals surface area contributed by atoms with E-state index in [-0.39, 0.29) is 18.4 Å². The largest absolute Gasteiger partial charge is 0.493 e. The van der Waals surface area contributed by atoms with Crippen LogP contribution < -0.4 is 14.4 Å². The predicted molar refractivity (Wildman–Crippen MR) is 152 cm³/mol. The number of benzene rings is 2. The third-order valence-corrected chi connectivity index (χ3v) is 7.11. The Hall–Kier alpha value is -3.85. The number of rotatable bonds is 10. The second-order valence-corrected chi connectivity index (χ2v) is 9.68. The number of amides is 2. The van der Waals surface area contributed by atoms with Crippen LogP contribution in [0.1, 0.15) is 30.1 Å². The maximum atomic E-state index is 13.2. The Labute approximate surface area is 234 Å². The molecule has 0 saturated carbocycles. The van der Waals surface area contributed by atoms with E-state index < -0.39 is 0 Å². The number of hydrogen-bond donors (Lipinski definition) is 0. The second-order valence-electron chi connectivity index (χ2n) is 9.27. The number of hydrogen-bond acceptors (Lipinski definition) is 7. The normalized spacial score (nSPS) is 13.2. The van der Waals surface area contributed by atoms with E-state index >= 15 is 0 Å². The van der Waals surface area contributed by atoms with Gasteiger partial charge in [-0.25, -0.2) is 0 Å². The molecular weight excluding hydrogens is 518 g/mol. The van der Waals surface area contributed by atoms with Gasteiger partial charge in [0.1, 0.15) is 6.54 Å². The van der Waals surface area contributed by atoms with Gasteiger partial charge in [0.25, 0.3) is 5.91 Å². The van der Waals surface area contributed by atoms with Gasteiger partial charge in [-0.05, 0) is 48.9 Å². The highest BCUT2D eigenvalue weighted by molar-refractivity contribution is 6.33. The monoisotopic (exact) mass is 551 g/mol. The van der Waals surface area contributed by atoms with Gasteiger partial charge in [0.15, 0.2) is 17.3 Å². The van der Waals surface area contributed by atoms with Crippen LogP contribution in [-0.4, -0.2) is 85.3 Å². The maximum absolute atomic E-state index is 13.2.